The van der Waals surface area contributed by atoms with E-state index >= 15 is 0 Å². The normalized spacial score (nSPS) is 19.7. The van der Waals surface area contributed by atoms with Gasteiger partial charge in [0.2, 0.25) is 5.91 Å². The lowest BCUT2D eigenvalue weighted by Crippen LogP contribution is -2.42. The summed E-state index contributed by atoms with van der Waals surface area (Å²) in [6, 6.07) is 8.70. The average Bonchev–Trinajstić information content (AvgIpc) is 2.46. The Balaban J connectivity index is 2.05. The van der Waals surface area contributed by atoms with E-state index < -0.39 is 0 Å². The van der Waals surface area contributed by atoms with E-state index in [9.17, 15) is 4.79 Å². The molecule has 1 heterocycles. The number of piperidine rings is 1. The molecule has 3 nitrogen and oxygen atoms in total. The van der Waals surface area contributed by atoms with E-state index in [4.69, 9.17) is 0 Å². The van der Waals surface area contributed by atoms with Crippen LogP contribution in [0, 0.1) is 5.92 Å². The molecule has 1 fully saturated rings. The quantitative estimate of drug-likeness (QED) is 0.887. The zero-order valence-electron chi connectivity index (χ0n) is 11.3. The number of nitrogens with one attached hydrogen (secondary N) is 1. The van der Waals surface area contributed by atoms with Gasteiger partial charge in [0.25, 0.3) is 0 Å². The molecule has 1 aromatic rings. The molecule has 18 heavy (non-hydrogen) atoms. The van der Waals surface area contributed by atoms with Crippen molar-refractivity contribution in [3.63, 3.8) is 0 Å². The molecule has 1 N–H and O–H groups in total. The van der Waals surface area contributed by atoms with Crippen LogP contribution in [0.5, 0.6) is 0 Å². The first kappa shape index (κ1) is 12.9. The minimum atomic E-state index is 0.134. The highest BCUT2D eigenvalue weighted by molar-refractivity contribution is 5.79. The smallest absolute Gasteiger partial charge is 0.224 e. The molecule has 0 aromatic heterocycles. The molecule has 1 saturated heterocycles. The van der Waals surface area contributed by atoms with Gasteiger partial charge in [-0.25, -0.2) is 0 Å². The maximum Gasteiger partial charge on any atom is 0.224 e. The molecular weight excluding hydrogens is 224 g/mol. The van der Waals surface area contributed by atoms with Crippen LogP contribution < -0.4 is 10.2 Å². The number of benzene rings is 1. The van der Waals surface area contributed by atoms with Crippen molar-refractivity contribution in [2.45, 2.75) is 26.2 Å². The summed E-state index contributed by atoms with van der Waals surface area (Å²) >= 11 is 0. The number of rotatable bonds is 3. The Bertz CT molecular complexity index is 399. The Hall–Kier alpha value is -1.51. The molecule has 0 aliphatic carbocycles. The lowest BCUT2D eigenvalue weighted by Gasteiger charge is -2.33. The van der Waals surface area contributed by atoms with E-state index in [1.54, 1.807) is 7.05 Å². The SMILES string of the molecule is CCc1ccc(N2CCCC(C(=O)NC)C2)cc1. The van der Waals surface area contributed by atoms with E-state index in [1.807, 2.05) is 0 Å². The van der Waals surface area contributed by atoms with E-state index in [0.29, 0.717) is 0 Å². The number of hydrogen-bond acceptors (Lipinski definition) is 2. The average molecular weight is 246 g/mol. The summed E-state index contributed by atoms with van der Waals surface area (Å²) < 4.78 is 0. The largest absolute Gasteiger partial charge is 0.371 e. The molecule has 0 bridgehead atoms. The van der Waals surface area contributed by atoms with E-state index in [0.717, 1.165) is 32.4 Å². The van der Waals surface area contributed by atoms with Gasteiger partial charge in [0.15, 0.2) is 0 Å². The molecule has 2 rings (SSSR count). The molecule has 1 unspecified atom stereocenters. The molecule has 1 amide bonds. The minimum absolute atomic E-state index is 0.134. The number of amides is 1. The highest BCUT2D eigenvalue weighted by Gasteiger charge is 2.24. The minimum Gasteiger partial charge on any atom is -0.371 e. The topological polar surface area (TPSA) is 32.3 Å². The van der Waals surface area contributed by atoms with E-state index in [2.05, 4.69) is 41.4 Å². The zero-order chi connectivity index (χ0) is 13.0. The molecule has 0 spiro atoms. The standard InChI is InChI=1S/C15H22N2O/c1-3-12-6-8-14(9-7-12)17-10-4-5-13(11-17)15(18)16-2/h6-9,13H,3-5,10-11H2,1-2H3,(H,16,18). The first-order chi connectivity index (χ1) is 8.74. The van der Waals surface area contributed by atoms with Crippen molar-refractivity contribution < 1.29 is 4.79 Å². The van der Waals surface area contributed by atoms with Gasteiger partial charge in [0, 0.05) is 25.8 Å². The fourth-order valence-electron chi connectivity index (χ4n) is 2.57. The first-order valence-corrected chi connectivity index (χ1v) is 6.80. The van der Waals surface area contributed by atoms with Crippen LogP contribution in [0.4, 0.5) is 5.69 Å². The highest BCUT2D eigenvalue weighted by atomic mass is 16.1. The summed E-state index contributed by atoms with van der Waals surface area (Å²) in [5, 5.41) is 2.76. The Labute approximate surface area is 109 Å². The van der Waals surface area contributed by atoms with Crippen LogP contribution in [0.1, 0.15) is 25.3 Å². The van der Waals surface area contributed by atoms with Crippen LogP contribution in [0.2, 0.25) is 0 Å². The van der Waals surface area contributed by atoms with Gasteiger partial charge in [-0.2, -0.15) is 0 Å². The molecule has 1 aromatic carbocycles. The molecule has 1 aliphatic rings. The van der Waals surface area contributed by atoms with Crippen molar-refractivity contribution in [2.75, 3.05) is 25.0 Å². The number of carbonyl (C=O) groups is 1. The zero-order valence-corrected chi connectivity index (χ0v) is 11.3. The Morgan fingerprint density at radius 2 is 2.11 bits per heavy atom. The Morgan fingerprint density at radius 1 is 1.39 bits per heavy atom. The summed E-state index contributed by atoms with van der Waals surface area (Å²) in [4.78, 5) is 14.0. The summed E-state index contributed by atoms with van der Waals surface area (Å²) in [6.45, 7) is 4.06. The molecule has 1 aliphatic heterocycles. The van der Waals surface area contributed by atoms with Gasteiger partial charge in [-0.1, -0.05) is 19.1 Å². The van der Waals surface area contributed by atoms with Crippen LogP contribution in [-0.4, -0.2) is 26.0 Å². The van der Waals surface area contributed by atoms with Gasteiger partial charge in [-0.05, 0) is 37.0 Å². The van der Waals surface area contributed by atoms with Crippen LogP contribution in [-0.2, 0) is 11.2 Å². The maximum absolute atomic E-state index is 11.7. The third-order valence-electron chi connectivity index (χ3n) is 3.75. The molecule has 3 heteroatoms. The van der Waals surface area contributed by atoms with Gasteiger partial charge in [-0.3, -0.25) is 4.79 Å². The summed E-state index contributed by atoms with van der Waals surface area (Å²) in [7, 11) is 1.72. The van der Waals surface area contributed by atoms with Crippen molar-refractivity contribution in [2.24, 2.45) is 5.92 Å². The van der Waals surface area contributed by atoms with E-state index in [1.165, 1.54) is 11.3 Å². The predicted octanol–water partition coefficient (Wildman–Crippen LogP) is 2.21. The molecule has 0 saturated carbocycles. The summed E-state index contributed by atoms with van der Waals surface area (Å²) in [6.07, 6.45) is 3.16. The molecule has 0 radical (unpaired) electrons. The van der Waals surface area contributed by atoms with Crippen LogP contribution >= 0.6 is 0 Å². The monoisotopic (exact) mass is 246 g/mol. The van der Waals surface area contributed by atoms with Crippen molar-refractivity contribution in [1.29, 1.82) is 0 Å². The number of nitrogens with zero attached hydrogens (tertiary/aromatic N) is 1. The van der Waals surface area contributed by atoms with Crippen molar-refractivity contribution in [1.82, 2.24) is 5.32 Å². The van der Waals surface area contributed by atoms with Gasteiger partial charge in [0.05, 0.1) is 5.92 Å². The van der Waals surface area contributed by atoms with Crippen molar-refractivity contribution >= 4 is 11.6 Å². The van der Waals surface area contributed by atoms with Gasteiger partial charge < -0.3 is 10.2 Å². The lowest BCUT2D eigenvalue weighted by atomic mass is 9.96. The van der Waals surface area contributed by atoms with E-state index in [-0.39, 0.29) is 11.8 Å². The van der Waals surface area contributed by atoms with Crippen LogP contribution in [0.3, 0.4) is 0 Å². The molecule has 1 atom stereocenters. The van der Waals surface area contributed by atoms with Crippen LogP contribution in [0.25, 0.3) is 0 Å². The highest BCUT2D eigenvalue weighted by Crippen LogP contribution is 2.23. The van der Waals surface area contributed by atoms with Crippen LogP contribution in [0.15, 0.2) is 24.3 Å². The summed E-state index contributed by atoms with van der Waals surface area (Å²) in [5.41, 5.74) is 2.60. The number of carbonyl (C=O) groups excluding carboxylic acids is 1. The van der Waals surface area contributed by atoms with Gasteiger partial charge in [0.1, 0.15) is 0 Å². The third-order valence-corrected chi connectivity index (χ3v) is 3.75. The van der Waals surface area contributed by atoms with Crippen molar-refractivity contribution in [3.8, 4) is 0 Å². The van der Waals surface area contributed by atoms with Crippen molar-refractivity contribution in [3.05, 3.63) is 29.8 Å². The third kappa shape index (κ3) is 2.84. The fraction of sp³-hybridized carbons (Fsp3) is 0.533. The fourth-order valence-corrected chi connectivity index (χ4v) is 2.57. The number of anilines is 1. The van der Waals surface area contributed by atoms with Gasteiger partial charge >= 0.3 is 0 Å². The Kier molecular flexibility index (Phi) is 4.24. The number of aryl methyl sites for hydroxylation is 1. The number of hydrogen-bond donors (Lipinski definition) is 1. The Morgan fingerprint density at radius 3 is 2.72 bits per heavy atom. The summed E-state index contributed by atoms with van der Waals surface area (Å²) in [5.74, 6) is 0.305. The first-order valence-electron chi connectivity index (χ1n) is 6.80. The maximum atomic E-state index is 11.7. The molecule has 98 valence electrons. The lowest BCUT2D eigenvalue weighted by molar-refractivity contribution is -0.124. The molecular formula is C15H22N2O. The second-order valence-corrected chi connectivity index (χ2v) is 4.92. The van der Waals surface area contributed by atoms with Gasteiger partial charge in [-0.15, -0.1) is 0 Å². The second kappa shape index (κ2) is 5.89. The second-order valence-electron chi connectivity index (χ2n) is 4.92. The predicted molar refractivity (Wildman–Crippen MR) is 74.8 cm³/mol.